The van der Waals surface area contributed by atoms with Crippen molar-refractivity contribution in [2.45, 2.75) is 13.0 Å². The highest BCUT2D eigenvalue weighted by Gasteiger charge is 2.21. The normalized spacial score (nSPS) is 12.2. The molecule has 6 nitrogen and oxygen atoms in total. The minimum atomic E-state index is -0.809. The lowest BCUT2D eigenvalue weighted by Crippen LogP contribution is -2.31. The molecule has 0 aliphatic carbocycles. The van der Waals surface area contributed by atoms with Crippen molar-refractivity contribution in [1.82, 2.24) is 5.32 Å². The molecule has 0 saturated heterocycles. The van der Waals surface area contributed by atoms with Gasteiger partial charge in [-0.2, -0.15) is 0 Å². The van der Waals surface area contributed by atoms with E-state index >= 15 is 0 Å². The van der Waals surface area contributed by atoms with Crippen molar-refractivity contribution in [3.05, 3.63) is 32.5 Å². The number of aliphatic hydroxyl groups excluding tert-OH is 1. The molecule has 1 aromatic rings. The highest BCUT2D eigenvalue weighted by atomic mass is 79.9. The third kappa shape index (κ3) is 4.73. The number of nitro groups is 1. The standard InChI is InChI=1S/C11H14BrFN2O4/c1-2-14-5-8(16)6-19-11-9(12)3-7(13)4-10(11)15(17)18/h3-4,8,14,16H,2,5-6H2,1H3. The van der Waals surface area contributed by atoms with Crippen LogP contribution in [-0.4, -0.2) is 35.8 Å². The van der Waals surface area contributed by atoms with Gasteiger partial charge in [0.1, 0.15) is 18.5 Å². The lowest BCUT2D eigenvalue weighted by atomic mass is 10.3. The van der Waals surface area contributed by atoms with E-state index < -0.39 is 22.5 Å². The highest BCUT2D eigenvalue weighted by Crippen LogP contribution is 2.35. The fourth-order valence-electron chi connectivity index (χ4n) is 1.37. The van der Waals surface area contributed by atoms with E-state index in [9.17, 15) is 19.6 Å². The Kier molecular flexibility index (Phi) is 6.13. The zero-order chi connectivity index (χ0) is 14.4. The average molecular weight is 337 g/mol. The molecule has 0 aliphatic rings. The topological polar surface area (TPSA) is 84.6 Å². The molecular formula is C11H14BrFN2O4. The molecule has 19 heavy (non-hydrogen) atoms. The van der Waals surface area contributed by atoms with Gasteiger partial charge in [-0.15, -0.1) is 0 Å². The molecule has 2 N–H and O–H groups in total. The number of hydrogen-bond donors (Lipinski definition) is 2. The summed E-state index contributed by atoms with van der Waals surface area (Å²) >= 11 is 3.00. The molecule has 0 aromatic heterocycles. The third-order valence-corrected chi connectivity index (χ3v) is 2.82. The number of nitro benzene ring substituents is 1. The van der Waals surface area contributed by atoms with E-state index in [1.165, 1.54) is 0 Å². The number of rotatable bonds is 7. The Morgan fingerprint density at radius 3 is 2.89 bits per heavy atom. The van der Waals surface area contributed by atoms with Crippen LogP contribution in [0.1, 0.15) is 6.92 Å². The number of hydrogen-bond acceptors (Lipinski definition) is 5. The predicted molar refractivity (Wildman–Crippen MR) is 70.8 cm³/mol. The summed E-state index contributed by atoms with van der Waals surface area (Å²) in [6, 6.07) is 1.84. The van der Waals surface area contributed by atoms with Gasteiger partial charge in [-0.25, -0.2) is 4.39 Å². The highest BCUT2D eigenvalue weighted by molar-refractivity contribution is 9.10. The van der Waals surface area contributed by atoms with Gasteiger partial charge in [-0.1, -0.05) is 6.92 Å². The Bertz CT molecular complexity index is 459. The molecule has 106 valence electrons. The molecule has 0 amide bonds. The molecule has 0 saturated carbocycles. The first-order chi connectivity index (χ1) is 8.95. The molecule has 8 heteroatoms. The first-order valence-corrected chi connectivity index (χ1v) is 6.40. The van der Waals surface area contributed by atoms with Gasteiger partial charge in [0, 0.05) is 6.54 Å². The second kappa shape index (κ2) is 7.37. The summed E-state index contributed by atoms with van der Waals surface area (Å²) < 4.78 is 18.4. The maximum absolute atomic E-state index is 13.1. The van der Waals surface area contributed by atoms with Crippen molar-refractivity contribution < 1.29 is 19.2 Å². The Balaban J connectivity index is 2.80. The van der Waals surface area contributed by atoms with Gasteiger partial charge in [-0.3, -0.25) is 10.1 Å². The van der Waals surface area contributed by atoms with E-state index in [0.717, 1.165) is 12.1 Å². The molecule has 1 aromatic carbocycles. The molecule has 1 rings (SSSR count). The fraction of sp³-hybridized carbons (Fsp3) is 0.455. The van der Waals surface area contributed by atoms with Crippen LogP contribution in [0.4, 0.5) is 10.1 Å². The maximum Gasteiger partial charge on any atom is 0.315 e. The Morgan fingerprint density at radius 1 is 1.63 bits per heavy atom. The smallest absolute Gasteiger partial charge is 0.315 e. The van der Waals surface area contributed by atoms with Crippen LogP contribution in [0.5, 0.6) is 5.75 Å². The molecule has 1 atom stereocenters. The molecule has 0 heterocycles. The molecule has 1 unspecified atom stereocenters. The maximum atomic E-state index is 13.1. The predicted octanol–water partition coefficient (Wildman–Crippen LogP) is 1.85. The van der Waals surface area contributed by atoms with Crippen LogP contribution in [0.15, 0.2) is 16.6 Å². The number of halogens is 2. The van der Waals surface area contributed by atoms with Gasteiger partial charge in [0.05, 0.1) is 15.5 Å². The summed E-state index contributed by atoms with van der Waals surface area (Å²) in [5.41, 5.74) is -0.484. The molecule has 0 aliphatic heterocycles. The number of likely N-dealkylation sites (N-methyl/N-ethyl adjacent to an activating group) is 1. The third-order valence-electron chi connectivity index (χ3n) is 2.24. The summed E-state index contributed by atoms with van der Waals surface area (Å²) in [5, 5.41) is 23.3. The summed E-state index contributed by atoms with van der Waals surface area (Å²) in [6.45, 7) is 2.76. The Hall–Kier alpha value is -1.25. The van der Waals surface area contributed by atoms with E-state index in [2.05, 4.69) is 21.2 Å². The summed E-state index contributed by atoms with van der Waals surface area (Å²) in [6.07, 6.45) is -0.809. The van der Waals surface area contributed by atoms with Crippen molar-refractivity contribution in [1.29, 1.82) is 0 Å². The van der Waals surface area contributed by atoms with E-state index in [4.69, 9.17) is 4.74 Å². The molecule has 0 fully saturated rings. The van der Waals surface area contributed by atoms with Crippen molar-refractivity contribution in [2.75, 3.05) is 19.7 Å². The SMILES string of the molecule is CCNCC(O)COc1c(Br)cc(F)cc1[N+](=O)[O-]. The number of ether oxygens (including phenoxy) is 1. The van der Waals surface area contributed by atoms with Crippen LogP contribution in [0, 0.1) is 15.9 Å². The van der Waals surface area contributed by atoms with Gasteiger partial charge in [-0.05, 0) is 28.5 Å². The lowest BCUT2D eigenvalue weighted by molar-refractivity contribution is -0.386. The minimum Gasteiger partial charge on any atom is -0.483 e. The van der Waals surface area contributed by atoms with Gasteiger partial charge in [0.25, 0.3) is 0 Å². The number of aliphatic hydroxyl groups is 1. The van der Waals surface area contributed by atoms with Crippen molar-refractivity contribution in [2.24, 2.45) is 0 Å². The molecule has 0 spiro atoms. The fourth-order valence-corrected chi connectivity index (χ4v) is 1.91. The first kappa shape index (κ1) is 15.8. The number of nitrogens with zero attached hydrogens (tertiary/aromatic N) is 1. The second-order valence-corrected chi connectivity index (χ2v) is 4.62. The van der Waals surface area contributed by atoms with E-state index in [1.807, 2.05) is 6.92 Å². The summed E-state index contributed by atoms with van der Waals surface area (Å²) in [7, 11) is 0. The lowest BCUT2D eigenvalue weighted by Gasteiger charge is -2.13. The Labute approximate surface area is 117 Å². The summed E-state index contributed by atoms with van der Waals surface area (Å²) in [4.78, 5) is 10.1. The monoisotopic (exact) mass is 336 g/mol. The first-order valence-electron chi connectivity index (χ1n) is 5.60. The van der Waals surface area contributed by atoms with E-state index in [-0.39, 0.29) is 16.8 Å². The van der Waals surface area contributed by atoms with Crippen LogP contribution in [0.25, 0.3) is 0 Å². The van der Waals surface area contributed by atoms with E-state index in [0.29, 0.717) is 13.1 Å². The van der Waals surface area contributed by atoms with Crippen LogP contribution < -0.4 is 10.1 Å². The largest absolute Gasteiger partial charge is 0.483 e. The van der Waals surface area contributed by atoms with Gasteiger partial charge in [0.15, 0.2) is 0 Å². The van der Waals surface area contributed by atoms with Gasteiger partial charge < -0.3 is 15.2 Å². The molecular weight excluding hydrogens is 323 g/mol. The second-order valence-electron chi connectivity index (χ2n) is 3.77. The van der Waals surface area contributed by atoms with Crippen LogP contribution in [0.3, 0.4) is 0 Å². The zero-order valence-electron chi connectivity index (χ0n) is 10.2. The van der Waals surface area contributed by atoms with Crippen molar-refractivity contribution in [3.8, 4) is 5.75 Å². The molecule has 0 radical (unpaired) electrons. The van der Waals surface area contributed by atoms with Gasteiger partial charge >= 0.3 is 5.69 Å². The van der Waals surface area contributed by atoms with Gasteiger partial charge in [0.2, 0.25) is 5.75 Å². The average Bonchev–Trinajstić information content (AvgIpc) is 2.34. The molecule has 0 bridgehead atoms. The van der Waals surface area contributed by atoms with E-state index in [1.54, 1.807) is 0 Å². The minimum absolute atomic E-state index is 0.0954. The summed E-state index contributed by atoms with van der Waals surface area (Å²) in [5.74, 6) is -0.832. The van der Waals surface area contributed by atoms with Crippen molar-refractivity contribution in [3.63, 3.8) is 0 Å². The van der Waals surface area contributed by atoms with Crippen molar-refractivity contribution >= 4 is 21.6 Å². The number of nitrogens with one attached hydrogen (secondary N) is 1. The quantitative estimate of drug-likeness (QED) is 0.586. The Morgan fingerprint density at radius 2 is 2.32 bits per heavy atom. The number of benzene rings is 1. The zero-order valence-corrected chi connectivity index (χ0v) is 11.8. The van der Waals surface area contributed by atoms with Crippen LogP contribution >= 0.6 is 15.9 Å². The van der Waals surface area contributed by atoms with Crippen LogP contribution in [-0.2, 0) is 0 Å². The van der Waals surface area contributed by atoms with Crippen LogP contribution in [0.2, 0.25) is 0 Å².